The first-order valence-corrected chi connectivity index (χ1v) is 8.40. The van der Waals surface area contributed by atoms with E-state index >= 15 is 0 Å². The zero-order chi connectivity index (χ0) is 19.7. The van der Waals surface area contributed by atoms with E-state index in [2.05, 4.69) is 0 Å². The first-order chi connectivity index (χ1) is 12.8. The molecule has 1 aromatic heterocycles. The van der Waals surface area contributed by atoms with Crippen LogP contribution in [0.1, 0.15) is 11.3 Å². The SMILES string of the molecule is Cc1ccc([N+](=O)[O-])cc1-c1ccc(/C=C2/SC(=O)N(CC(=O)O)C2=O)o1. The quantitative estimate of drug-likeness (QED) is 0.469. The normalized spacial score (nSPS) is 15.6. The molecule has 2 heterocycles. The minimum atomic E-state index is -1.29. The van der Waals surface area contributed by atoms with Crippen molar-refractivity contribution in [2.45, 2.75) is 6.92 Å². The Morgan fingerprint density at radius 3 is 2.74 bits per heavy atom. The number of carbonyl (C=O) groups is 3. The van der Waals surface area contributed by atoms with Gasteiger partial charge in [0.15, 0.2) is 0 Å². The summed E-state index contributed by atoms with van der Waals surface area (Å²) in [5.74, 6) is -1.37. The highest BCUT2D eigenvalue weighted by molar-refractivity contribution is 8.18. The summed E-state index contributed by atoms with van der Waals surface area (Å²) in [6, 6.07) is 7.53. The molecule has 9 nitrogen and oxygen atoms in total. The van der Waals surface area contributed by atoms with E-state index in [0.29, 0.717) is 28.0 Å². The van der Waals surface area contributed by atoms with Gasteiger partial charge in [0.1, 0.15) is 18.1 Å². The Morgan fingerprint density at radius 2 is 2.07 bits per heavy atom. The number of rotatable bonds is 5. The van der Waals surface area contributed by atoms with E-state index in [9.17, 15) is 24.5 Å². The molecule has 0 saturated carbocycles. The van der Waals surface area contributed by atoms with E-state index in [1.165, 1.54) is 18.2 Å². The molecule has 10 heteroatoms. The van der Waals surface area contributed by atoms with Gasteiger partial charge < -0.3 is 9.52 Å². The average Bonchev–Trinajstić information content (AvgIpc) is 3.15. The van der Waals surface area contributed by atoms with Crippen molar-refractivity contribution in [3.8, 4) is 11.3 Å². The highest BCUT2D eigenvalue weighted by Crippen LogP contribution is 2.34. The first-order valence-electron chi connectivity index (χ1n) is 7.58. The minimum Gasteiger partial charge on any atom is -0.480 e. The van der Waals surface area contributed by atoms with Crippen LogP contribution < -0.4 is 0 Å². The van der Waals surface area contributed by atoms with Crippen LogP contribution in [0.3, 0.4) is 0 Å². The summed E-state index contributed by atoms with van der Waals surface area (Å²) in [6.07, 6.45) is 1.34. The molecule has 0 atom stereocenters. The maximum atomic E-state index is 12.1. The summed E-state index contributed by atoms with van der Waals surface area (Å²) >= 11 is 0.619. The van der Waals surface area contributed by atoms with E-state index in [1.807, 2.05) is 0 Å². The fourth-order valence-electron chi connectivity index (χ4n) is 2.46. The van der Waals surface area contributed by atoms with Crippen molar-refractivity contribution in [1.29, 1.82) is 0 Å². The zero-order valence-corrected chi connectivity index (χ0v) is 14.7. The maximum absolute atomic E-state index is 12.1. The molecule has 1 fully saturated rings. The number of nitro groups is 1. The Balaban J connectivity index is 1.89. The number of hydrogen-bond donors (Lipinski definition) is 1. The third kappa shape index (κ3) is 3.75. The predicted molar refractivity (Wildman–Crippen MR) is 95.8 cm³/mol. The number of imide groups is 1. The largest absolute Gasteiger partial charge is 0.480 e. The summed E-state index contributed by atoms with van der Waals surface area (Å²) < 4.78 is 5.64. The number of carboxylic acids is 1. The van der Waals surface area contributed by atoms with Crippen molar-refractivity contribution >= 4 is 40.6 Å². The van der Waals surface area contributed by atoms with E-state index in [-0.39, 0.29) is 16.4 Å². The lowest BCUT2D eigenvalue weighted by molar-refractivity contribution is -0.384. The molecule has 0 spiro atoms. The highest BCUT2D eigenvalue weighted by atomic mass is 32.2. The average molecular weight is 388 g/mol. The van der Waals surface area contributed by atoms with E-state index in [1.54, 1.807) is 25.1 Å². The molecule has 0 bridgehead atoms. The van der Waals surface area contributed by atoms with Gasteiger partial charge in [0.2, 0.25) is 0 Å². The summed E-state index contributed by atoms with van der Waals surface area (Å²) in [7, 11) is 0. The van der Waals surface area contributed by atoms with Crippen LogP contribution in [0.5, 0.6) is 0 Å². The summed E-state index contributed by atoms with van der Waals surface area (Å²) in [4.78, 5) is 45.8. The molecule has 27 heavy (non-hydrogen) atoms. The molecule has 3 rings (SSSR count). The fraction of sp³-hybridized carbons (Fsp3) is 0.118. The van der Waals surface area contributed by atoms with Crippen LogP contribution in [-0.4, -0.2) is 38.6 Å². The van der Waals surface area contributed by atoms with Crippen molar-refractivity contribution in [3.05, 3.63) is 56.7 Å². The molecule has 2 aromatic rings. The highest BCUT2D eigenvalue weighted by Gasteiger charge is 2.36. The van der Waals surface area contributed by atoms with Crippen LogP contribution in [0, 0.1) is 17.0 Å². The van der Waals surface area contributed by atoms with Crippen LogP contribution in [0.4, 0.5) is 10.5 Å². The molecule has 2 amide bonds. The predicted octanol–water partition coefficient (Wildman–Crippen LogP) is 3.28. The maximum Gasteiger partial charge on any atom is 0.323 e. The number of hydrogen-bond acceptors (Lipinski definition) is 7. The van der Waals surface area contributed by atoms with Crippen LogP contribution in [0.15, 0.2) is 39.7 Å². The van der Waals surface area contributed by atoms with Gasteiger partial charge in [-0.25, -0.2) is 0 Å². The Kier molecular flexibility index (Phi) is 4.82. The standard InChI is InChI=1S/C17H12N2O7S/c1-9-2-3-10(19(24)25)6-12(9)13-5-4-11(26-13)7-14-16(22)18(8-15(20)21)17(23)27-14/h2-7H,8H2,1H3,(H,20,21)/b14-7+. The number of nitrogens with zero attached hydrogens (tertiary/aromatic N) is 2. The smallest absolute Gasteiger partial charge is 0.323 e. The number of thioether (sulfide) groups is 1. The number of nitro benzene ring substituents is 1. The van der Waals surface area contributed by atoms with Gasteiger partial charge in [-0.2, -0.15) is 0 Å². The second-order valence-electron chi connectivity index (χ2n) is 5.62. The van der Waals surface area contributed by atoms with Gasteiger partial charge in [0.25, 0.3) is 16.8 Å². The van der Waals surface area contributed by atoms with Gasteiger partial charge in [0, 0.05) is 23.8 Å². The number of furan rings is 1. The summed E-state index contributed by atoms with van der Waals surface area (Å²) in [5, 5.41) is 19.0. The Bertz CT molecular complexity index is 1010. The van der Waals surface area contributed by atoms with Crippen LogP contribution >= 0.6 is 11.8 Å². The van der Waals surface area contributed by atoms with Gasteiger partial charge >= 0.3 is 5.97 Å². The second-order valence-corrected chi connectivity index (χ2v) is 6.61. The Hall–Kier alpha value is -3.40. The minimum absolute atomic E-state index is 0.0397. The van der Waals surface area contributed by atoms with E-state index < -0.39 is 28.6 Å². The number of non-ortho nitro benzene ring substituents is 1. The molecule has 1 aromatic carbocycles. The third-order valence-electron chi connectivity index (χ3n) is 3.76. The molecular formula is C17H12N2O7S. The molecule has 1 aliphatic rings. The molecular weight excluding hydrogens is 376 g/mol. The van der Waals surface area contributed by atoms with Gasteiger partial charge in [0.05, 0.1) is 9.83 Å². The molecule has 1 N–H and O–H groups in total. The third-order valence-corrected chi connectivity index (χ3v) is 4.67. The number of carbonyl (C=O) groups excluding carboxylic acids is 2. The van der Waals surface area contributed by atoms with Crippen molar-refractivity contribution in [2.75, 3.05) is 6.54 Å². The molecule has 138 valence electrons. The van der Waals surface area contributed by atoms with E-state index in [0.717, 1.165) is 5.56 Å². The van der Waals surface area contributed by atoms with Crippen molar-refractivity contribution in [2.24, 2.45) is 0 Å². The molecule has 0 radical (unpaired) electrons. The second kappa shape index (κ2) is 7.08. The molecule has 1 saturated heterocycles. The Morgan fingerprint density at radius 1 is 1.33 bits per heavy atom. The number of aryl methyl sites for hydroxylation is 1. The topological polar surface area (TPSA) is 131 Å². The van der Waals surface area contributed by atoms with Gasteiger partial charge in [-0.1, -0.05) is 6.07 Å². The summed E-state index contributed by atoms with van der Waals surface area (Å²) in [6.45, 7) is 1.07. The molecule has 0 aliphatic carbocycles. The van der Waals surface area contributed by atoms with Gasteiger partial charge in [-0.05, 0) is 36.4 Å². The first kappa shape index (κ1) is 18.4. The molecule has 0 unspecified atom stereocenters. The van der Waals surface area contributed by atoms with Gasteiger partial charge in [-0.3, -0.25) is 29.4 Å². The number of carboxylic acid groups (broad SMARTS) is 1. The lowest BCUT2D eigenvalue weighted by atomic mass is 10.1. The number of amides is 2. The number of aliphatic carboxylic acids is 1. The Labute approximate surface area is 156 Å². The summed E-state index contributed by atoms with van der Waals surface area (Å²) in [5.41, 5.74) is 1.22. The van der Waals surface area contributed by atoms with Crippen molar-refractivity contribution < 1.29 is 28.8 Å². The lowest BCUT2D eigenvalue weighted by Crippen LogP contribution is -2.33. The lowest BCUT2D eigenvalue weighted by Gasteiger charge is -2.07. The van der Waals surface area contributed by atoms with Crippen molar-refractivity contribution in [3.63, 3.8) is 0 Å². The number of benzene rings is 1. The van der Waals surface area contributed by atoms with Crippen LogP contribution in [0.2, 0.25) is 0 Å². The monoisotopic (exact) mass is 388 g/mol. The van der Waals surface area contributed by atoms with Gasteiger partial charge in [-0.15, -0.1) is 0 Å². The van der Waals surface area contributed by atoms with Crippen LogP contribution in [0.25, 0.3) is 17.4 Å². The van der Waals surface area contributed by atoms with Crippen molar-refractivity contribution in [1.82, 2.24) is 4.90 Å². The fourth-order valence-corrected chi connectivity index (χ4v) is 3.28. The van der Waals surface area contributed by atoms with E-state index in [4.69, 9.17) is 9.52 Å². The van der Waals surface area contributed by atoms with Crippen LogP contribution in [-0.2, 0) is 9.59 Å². The molecule has 1 aliphatic heterocycles. The zero-order valence-electron chi connectivity index (χ0n) is 13.9.